The fourth-order valence-corrected chi connectivity index (χ4v) is 3.42. The highest BCUT2D eigenvalue weighted by atomic mass is 32.1. The van der Waals surface area contributed by atoms with Gasteiger partial charge in [-0.3, -0.25) is 9.59 Å². The summed E-state index contributed by atoms with van der Waals surface area (Å²) in [5.74, 6) is -0.738. The van der Waals surface area contributed by atoms with Crippen molar-refractivity contribution in [3.05, 3.63) is 57.5 Å². The maximum absolute atomic E-state index is 12.0. The number of ether oxygens (including phenoxy) is 1. The number of carbonyl (C=O) groups excluding carboxylic acids is 2. The Labute approximate surface area is 156 Å². The second kappa shape index (κ2) is 8.19. The molecule has 1 amide bonds. The van der Waals surface area contributed by atoms with E-state index in [2.05, 4.69) is 5.32 Å². The number of furan rings is 1. The minimum atomic E-state index is -0.445. The van der Waals surface area contributed by atoms with E-state index >= 15 is 0 Å². The molecule has 0 fully saturated rings. The Bertz CT molecular complexity index is 911. The maximum atomic E-state index is 12.0. The number of hydrogen-bond donors (Lipinski definition) is 1. The Morgan fingerprint density at radius 3 is 2.85 bits per heavy atom. The second-order valence-electron chi connectivity index (χ2n) is 6.16. The highest BCUT2D eigenvalue weighted by molar-refractivity contribution is 7.09. The molecule has 6 heteroatoms. The predicted octanol–water partition coefficient (Wildman–Crippen LogP) is 3.56. The van der Waals surface area contributed by atoms with Crippen molar-refractivity contribution in [2.45, 2.75) is 26.7 Å². The van der Waals surface area contributed by atoms with E-state index in [1.165, 1.54) is 4.88 Å². The summed E-state index contributed by atoms with van der Waals surface area (Å²) in [6.45, 7) is 4.27. The van der Waals surface area contributed by atoms with Gasteiger partial charge in [-0.25, -0.2) is 0 Å². The van der Waals surface area contributed by atoms with Gasteiger partial charge >= 0.3 is 5.97 Å². The molecule has 1 N–H and O–H groups in total. The third-order valence-electron chi connectivity index (χ3n) is 4.31. The molecule has 2 heterocycles. The normalized spacial score (nSPS) is 10.8. The molecule has 0 unspecified atom stereocenters. The highest BCUT2D eigenvalue weighted by Crippen LogP contribution is 2.26. The van der Waals surface area contributed by atoms with Crippen LogP contribution in [0.25, 0.3) is 11.0 Å². The number of carbonyl (C=O) groups is 2. The van der Waals surface area contributed by atoms with Crippen LogP contribution in [0.1, 0.15) is 21.6 Å². The van der Waals surface area contributed by atoms with Crippen LogP contribution in [0.15, 0.2) is 40.3 Å². The van der Waals surface area contributed by atoms with Crippen molar-refractivity contribution in [1.29, 1.82) is 0 Å². The number of thiophene rings is 1. The van der Waals surface area contributed by atoms with Gasteiger partial charge in [-0.05, 0) is 42.8 Å². The van der Waals surface area contributed by atoms with E-state index < -0.39 is 5.97 Å². The molecule has 0 aliphatic carbocycles. The van der Waals surface area contributed by atoms with E-state index in [-0.39, 0.29) is 18.9 Å². The monoisotopic (exact) mass is 371 g/mol. The molecule has 0 spiro atoms. The topological polar surface area (TPSA) is 68.5 Å². The lowest BCUT2D eigenvalue weighted by atomic mass is 10.0. The van der Waals surface area contributed by atoms with Gasteiger partial charge in [0.25, 0.3) is 5.91 Å². The molecule has 1 aromatic carbocycles. The standard InChI is InChI=1S/C20H21NO4S/c1-13-5-6-17-15(11-25-20(17)14(13)2)10-19(23)24-12-18(22)21-8-7-16-4-3-9-26-16/h3-6,9,11H,7-8,10,12H2,1-2H3,(H,21,22). The van der Waals surface area contributed by atoms with Crippen molar-refractivity contribution in [3.8, 4) is 0 Å². The van der Waals surface area contributed by atoms with Crippen molar-refractivity contribution in [2.24, 2.45) is 0 Å². The molecule has 0 bridgehead atoms. The average molecular weight is 371 g/mol. The zero-order valence-corrected chi connectivity index (χ0v) is 15.7. The molecule has 26 heavy (non-hydrogen) atoms. The van der Waals surface area contributed by atoms with E-state index in [4.69, 9.17) is 9.15 Å². The second-order valence-corrected chi connectivity index (χ2v) is 7.19. The number of nitrogens with one attached hydrogen (secondary N) is 1. The average Bonchev–Trinajstić information content (AvgIpc) is 3.27. The lowest BCUT2D eigenvalue weighted by Gasteiger charge is -2.06. The first-order valence-electron chi connectivity index (χ1n) is 8.45. The maximum Gasteiger partial charge on any atom is 0.310 e. The van der Waals surface area contributed by atoms with Crippen LogP contribution in [-0.2, 0) is 27.2 Å². The lowest BCUT2D eigenvalue weighted by molar-refractivity contribution is -0.147. The van der Waals surface area contributed by atoms with Gasteiger partial charge in [0.1, 0.15) is 5.58 Å². The van der Waals surface area contributed by atoms with Crippen LogP contribution < -0.4 is 5.32 Å². The van der Waals surface area contributed by atoms with Crippen LogP contribution in [0, 0.1) is 13.8 Å². The van der Waals surface area contributed by atoms with E-state index in [0.717, 1.165) is 34.1 Å². The van der Waals surface area contributed by atoms with E-state index in [0.29, 0.717) is 6.54 Å². The van der Waals surface area contributed by atoms with Gasteiger partial charge in [-0.2, -0.15) is 0 Å². The molecule has 0 radical (unpaired) electrons. The molecule has 0 saturated heterocycles. The van der Waals surface area contributed by atoms with Gasteiger partial charge in [-0.15, -0.1) is 11.3 Å². The van der Waals surface area contributed by atoms with Crippen molar-refractivity contribution in [2.75, 3.05) is 13.2 Å². The molecular formula is C20H21NO4S. The summed E-state index contributed by atoms with van der Waals surface area (Å²) in [4.78, 5) is 25.0. The van der Waals surface area contributed by atoms with Crippen LogP contribution in [0.2, 0.25) is 0 Å². The number of aryl methyl sites for hydroxylation is 2. The van der Waals surface area contributed by atoms with Gasteiger partial charge < -0.3 is 14.5 Å². The number of fused-ring (bicyclic) bond motifs is 1. The van der Waals surface area contributed by atoms with E-state index in [1.807, 2.05) is 43.5 Å². The molecule has 136 valence electrons. The minimum absolute atomic E-state index is 0.0813. The first kappa shape index (κ1) is 18.2. The van der Waals surface area contributed by atoms with Crippen LogP contribution in [0.4, 0.5) is 0 Å². The summed E-state index contributed by atoms with van der Waals surface area (Å²) in [5.41, 5.74) is 3.76. The molecule has 2 aromatic heterocycles. The van der Waals surface area contributed by atoms with E-state index in [1.54, 1.807) is 17.6 Å². The zero-order chi connectivity index (χ0) is 18.5. The Morgan fingerprint density at radius 1 is 1.23 bits per heavy atom. The predicted molar refractivity (Wildman–Crippen MR) is 101 cm³/mol. The number of hydrogen-bond acceptors (Lipinski definition) is 5. The number of amides is 1. The first-order valence-corrected chi connectivity index (χ1v) is 9.33. The fraction of sp³-hybridized carbons (Fsp3) is 0.300. The molecule has 5 nitrogen and oxygen atoms in total. The quantitative estimate of drug-likeness (QED) is 0.645. The number of benzene rings is 1. The largest absolute Gasteiger partial charge is 0.464 e. The van der Waals surface area contributed by atoms with Gasteiger partial charge in [-0.1, -0.05) is 18.2 Å². The number of esters is 1. The fourth-order valence-electron chi connectivity index (χ4n) is 2.71. The van der Waals surface area contributed by atoms with Crippen molar-refractivity contribution < 1.29 is 18.7 Å². The third-order valence-corrected chi connectivity index (χ3v) is 5.25. The van der Waals surface area contributed by atoms with Gasteiger partial charge in [0, 0.05) is 22.4 Å². The molecule has 0 atom stereocenters. The smallest absolute Gasteiger partial charge is 0.310 e. The van der Waals surface area contributed by atoms with Crippen molar-refractivity contribution >= 4 is 34.2 Å². The summed E-state index contributed by atoms with van der Waals surface area (Å²) in [7, 11) is 0. The number of rotatable bonds is 7. The van der Waals surface area contributed by atoms with Crippen LogP contribution in [0.3, 0.4) is 0 Å². The molecule has 0 aliphatic heterocycles. The summed E-state index contributed by atoms with van der Waals surface area (Å²) >= 11 is 1.65. The zero-order valence-electron chi connectivity index (χ0n) is 14.8. The molecule has 3 aromatic rings. The third kappa shape index (κ3) is 4.32. The van der Waals surface area contributed by atoms with Gasteiger partial charge in [0.15, 0.2) is 6.61 Å². The molecule has 0 aliphatic rings. The highest BCUT2D eigenvalue weighted by Gasteiger charge is 2.14. The van der Waals surface area contributed by atoms with Crippen LogP contribution in [0.5, 0.6) is 0 Å². The Balaban J connectivity index is 1.47. The van der Waals surface area contributed by atoms with Gasteiger partial charge in [0.05, 0.1) is 12.7 Å². The van der Waals surface area contributed by atoms with Gasteiger partial charge in [0.2, 0.25) is 0 Å². The Kier molecular flexibility index (Phi) is 5.73. The molecule has 3 rings (SSSR count). The SMILES string of the molecule is Cc1ccc2c(CC(=O)OCC(=O)NCCc3cccs3)coc2c1C. The summed E-state index contributed by atoms with van der Waals surface area (Å²) in [6.07, 6.45) is 2.44. The Morgan fingerprint density at radius 2 is 2.08 bits per heavy atom. The van der Waals surface area contributed by atoms with Crippen LogP contribution in [-0.4, -0.2) is 25.0 Å². The van der Waals surface area contributed by atoms with E-state index in [9.17, 15) is 9.59 Å². The summed E-state index contributed by atoms with van der Waals surface area (Å²) < 4.78 is 10.7. The summed E-state index contributed by atoms with van der Waals surface area (Å²) in [6, 6.07) is 7.95. The molecule has 0 saturated carbocycles. The van der Waals surface area contributed by atoms with Crippen molar-refractivity contribution in [1.82, 2.24) is 5.32 Å². The Hall–Kier alpha value is -2.60. The van der Waals surface area contributed by atoms with Crippen molar-refractivity contribution in [3.63, 3.8) is 0 Å². The minimum Gasteiger partial charge on any atom is -0.464 e. The first-order chi connectivity index (χ1) is 12.5. The van der Waals surface area contributed by atoms with Crippen LogP contribution >= 0.6 is 11.3 Å². The lowest BCUT2D eigenvalue weighted by Crippen LogP contribution is -2.30. The molecular weight excluding hydrogens is 350 g/mol. The summed E-state index contributed by atoms with van der Waals surface area (Å²) in [5, 5.41) is 5.66.